The summed E-state index contributed by atoms with van der Waals surface area (Å²) in [6.07, 6.45) is 4.30. The molecule has 28 heavy (non-hydrogen) atoms. The van der Waals surface area contributed by atoms with Crippen molar-refractivity contribution in [2.75, 3.05) is 19.7 Å². The molecule has 9 heteroatoms. The largest absolute Gasteiger partial charge is 0.378 e. The fourth-order valence-corrected chi connectivity index (χ4v) is 5.24. The molecule has 0 unspecified atom stereocenters. The van der Waals surface area contributed by atoms with Crippen LogP contribution in [0, 0.1) is 0 Å². The van der Waals surface area contributed by atoms with Gasteiger partial charge < -0.3 is 9.26 Å². The zero-order valence-corrected chi connectivity index (χ0v) is 17.2. The second-order valence-electron chi connectivity index (χ2n) is 7.39. The molecule has 2 aliphatic rings. The first-order valence-electron chi connectivity index (χ1n) is 9.66. The van der Waals surface area contributed by atoms with Gasteiger partial charge in [-0.3, -0.25) is 0 Å². The quantitative estimate of drug-likeness (QED) is 0.645. The van der Waals surface area contributed by atoms with Gasteiger partial charge in [0.15, 0.2) is 5.82 Å². The predicted molar refractivity (Wildman–Crippen MR) is 105 cm³/mol. The normalized spacial score (nSPS) is 19.2. The number of nitrogens with zero attached hydrogens (tertiary/aromatic N) is 3. The molecule has 1 aliphatic heterocycles. The minimum absolute atomic E-state index is 0.0570. The lowest BCUT2D eigenvalue weighted by Gasteiger charge is -2.31. The van der Waals surface area contributed by atoms with Crippen molar-refractivity contribution >= 4 is 21.6 Å². The minimum Gasteiger partial charge on any atom is -0.378 e. The van der Waals surface area contributed by atoms with Gasteiger partial charge >= 0.3 is 0 Å². The Bertz CT molecular complexity index is 905. The van der Waals surface area contributed by atoms with E-state index in [1.807, 2.05) is 0 Å². The summed E-state index contributed by atoms with van der Waals surface area (Å²) in [5.74, 6) is 1.81. The van der Waals surface area contributed by atoms with Gasteiger partial charge in [-0.05, 0) is 37.3 Å². The Kier molecular flexibility index (Phi) is 6.01. The molecular formula is C19H24ClN3O4S. The molecule has 0 bridgehead atoms. The SMILES string of the molecule is O=S(=O)(Cc1ccccc1Cl)N1CCC(OCCc2noc(C3CC3)n2)CC1. The van der Waals surface area contributed by atoms with Crippen LogP contribution in [-0.2, 0) is 26.9 Å². The number of piperidine rings is 1. The van der Waals surface area contributed by atoms with Crippen LogP contribution in [0.3, 0.4) is 0 Å². The van der Waals surface area contributed by atoms with Crippen molar-refractivity contribution in [2.24, 2.45) is 0 Å². The first kappa shape index (κ1) is 19.8. The number of sulfonamides is 1. The molecule has 1 aromatic carbocycles. The van der Waals surface area contributed by atoms with Gasteiger partial charge in [0.1, 0.15) is 0 Å². The highest BCUT2D eigenvalue weighted by Gasteiger charge is 2.30. The lowest BCUT2D eigenvalue weighted by molar-refractivity contribution is 0.0222. The molecule has 2 fully saturated rings. The fourth-order valence-electron chi connectivity index (χ4n) is 3.36. The molecule has 4 rings (SSSR count). The summed E-state index contributed by atoms with van der Waals surface area (Å²) in [5.41, 5.74) is 0.633. The van der Waals surface area contributed by atoms with E-state index in [1.54, 1.807) is 24.3 Å². The number of hydrogen-bond acceptors (Lipinski definition) is 6. The van der Waals surface area contributed by atoms with Crippen LogP contribution in [0.25, 0.3) is 0 Å². The van der Waals surface area contributed by atoms with Crippen LogP contribution in [0.2, 0.25) is 5.02 Å². The highest BCUT2D eigenvalue weighted by Crippen LogP contribution is 2.38. The number of hydrogen-bond donors (Lipinski definition) is 0. The average Bonchev–Trinajstić information content (AvgIpc) is 3.43. The second-order valence-corrected chi connectivity index (χ2v) is 9.77. The third-order valence-electron chi connectivity index (χ3n) is 5.18. The number of benzene rings is 1. The summed E-state index contributed by atoms with van der Waals surface area (Å²) in [7, 11) is -3.38. The van der Waals surface area contributed by atoms with E-state index >= 15 is 0 Å². The molecule has 0 N–H and O–H groups in total. The van der Waals surface area contributed by atoms with Gasteiger partial charge in [-0.25, -0.2) is 12.7 Å². The third-order valence-corrected chi connectivity index (χ3v) is 7.38. The van der Waals surface area contributed by atoms with Crippen LogP contribution in [0.15, 0.2) is 28.8 Å². The number of halogens is 1. The summed E-state index contributed by atoms with van der Waals surface area (Å²) < 4.78 is 38.0. The summed E-state index contributed by atoms with van der Waals surface area (Å²) in [6, 6.07) is 7.06. The highest BCUT2D eigenvalue weighted by atomic mass is 35.5. The van der Waals surface area contributed by atoms with Crippen molar-refractivity contribution in [1.29, 1.82) is 0 Å². The molecule has 0 amide bonds. The fraction of sp³-hybridized carbons (Fsp3) is 0.579. The predicted octanol–water partition coefficient (Wildman–Crippen LogP) is 3.15. The molecule has 1 aromatic heterocycles. The van der Waals surface area contributed by atoms with Gasteiger partial charge in [-0.2, -0.15) is 4.98 Å². The van der Waals surface area contributed by atoms with E-state index in [2.05, 4.69) is 10.1 Å². The van der Waals surface area contributed by atoms with E-state index in [4.69, 9.17) is 20.9 Å². The van der Waals surface area contributed by atoms with Crippen molar-refractivity contribution in [3.8, 4) is 0 Å². The maximum atomic E-state index is 12.7. The smallest absolute Gasteiger partial charge is 0.229 e. The zero-order chi connectivity index (χ0) is 19.6. The van der Waals surface area contributed by atoms with E-state index in [1.165, 1.54) is 4.31 Å². The van der Waals surface area contributed by atoms with Gasteiger partial charge in [0, 0.05) is 30.5 Å². The molecule has 1 aliphatic carbocycles. The van der Waals surface area contributed by atoms with Crippen LogP contribution in [0.5, 0.6) is 0 Å². The van der Waals surface area contributed by atoms with Gasteiger partial charge in [0.05, 0.1) is 18.5 Å². The molecule has 7 nitrogen and oxygen atoms in total. The Labute approximate surface area is 170 Å². The van der Waals surface area contributed by atoms with E-state index in [9.17, 15) is 8.42 Å². The first-order valence-corrected chi connectivity index (χ1v) is 11.7. The van der Waals surface area contributed by atoms with E-state index in [0.717, 1.165) is 18.7 Å². The third kappa shape index (κ3) is 4.92. The Balaban J connectivity index is 1.22. The zero-order valence-electron chi connectivity index (χ0n) is 15.6. The Morgan fingerprint density at radius 3 is 2.64 bits per heavy atom. The summed E-state index contributed by atoms with van der Waals surface area (Å²) in [6.45, 7) is 1.44. The van der Waals surface area contributed by atoms with Crippen molar-refractivity contribution in [3.63, 3.8) is 0 Å². The molecule has 2 aromatic rings. The molecule has 2 heterocycles. The Morgan fingerprint density at radius 2 is 1.93 bits per heavy atom. The van der Waals surface area contributed by atoms with Gasteiger partial charge in [-0.1, -0.05) is 35.0 Å². The van der Waals surface area contributed by atoms with Crippen molar-refractivity contribution in [3.05, 3.63) is 46.6 Å². The lowest BCUT2D eigenvalue weighted by atomic mass is 10.1. The van der Waals surface area contributed by atoms with Crippen molar-refractivity contribution < 1.29 is 17.7 Å². The van der Waals surface area contributed by atoms with Crippen molar-refractivity contribution in [2.45, 2.75) is 49.9 Å². The summed E-state index contributed by atoms with van der Waals surface area (Å²) >= 11 is 6.10. The van der Waals surface area contributed by atoms with Crippen molar-refractivity contribution in [1.82, 2.24) is 14.4 Å². The molecule has 0 atom stereocenters. The summed E-state index contributed by atoms with van der Waals surface area (Å²) in [4.78, 5) is 4.39. The van der Waals surface area contributed by atoms with E-state index in [0.29, 0.717) is 61.3 Å². The molecule has 1 saturated carbocycles. The Hall–Kier alpha value is -1.48. The number of rotatable bonds is 8. The molecule has 0 radical (unpaired) electrons. The minimum atomic E-state index is -3.38. The maximum absolute atomic E-state index is 12.7. The second kappa shape index (κ2) is 8.49. The van der Waals surface area contributed by atoms with Crippen LogP contribution in [-0.4, -0.2) is 48.7 Å². The lowest BCUT2D eigenvalue weighted by Crippen LogP contribution is -2.41. The van der Waals surface area contributed by atoms with Gasteiger partial charge in [0.2, 0.25) is 15.9 Å². The molecule has 152 valence electrons. The van der Waals surface area contributed by atoms with E-state index in [-0.39, 0.29) is 11.9 Å². The first-order chi connectivity index (χ1) is 13.5. The molecular weight excluding hydrogens is 402 g/mol. The monoisotopic (exact) mass is 425 g/mol. The average molecular weight is 426 g/mol. The van der Waals surface area contributed by atoms with Crippen LogP contribution < -0.4 is 0 Å². The van der Waals surface area contributed by atoms with Crippen LogP contribution in [0.4, 0.5) is 0 Å². The van der Waals surface area contributed by atoms with Crippen LogP contribution >= 0.6 is 11.6 Å². The van der Waals surface area contributed by atoms with E-state index < -0.39 is 10.0 Å². The van der Waals surface area contributed by atoms with Gasteiger partial charge in [0.25, 0.3) is 0 Å². The topological polar surface area (TPSA) is 85.5 Å². The summed E-state index contributed by atoms with van der Waals surface area (Å²) in [5, 5.41) is 4.47. The number of aromatic nitrogens is 2. The van der Waals surface area contributed by atoms with Gasteiger partial charge in [-0.15, -0.1) is 0 Å². The standard InChI is InChI=1S/C19H24ClN3O4S/c20-17-4-2-1-3-15(17)13-28(24,25)23-10-7-16(8-11-23)26-12-9-18-21-19(27-22-18)14-5-6-14/h1-4,14,16H,5-13H2. The molecule has 1 saturated heterocycles. The number of ether oxygens (including phenoxy) is 1. The highest BCUT2D eigenvalue weighted by molar-refractivity contribution is 7.88. The van der Waals surface area contributed by atoms with Crippen LogP contribution in [0.1, 0.15) is 48.9 Å². The maximum Gasteiger partial charge on any atom is 0.229 e. The Morgan fingerprint density at radius 1 is 1.18 bits per heavy atom. The molecule has 0 spiro atoms.